The van der Waals surface area contributed by atoms with Gasteiger partial charge in [-0.25, -0.2) is 0 Å². The molecule has 0 aliphatic carbocycles. The normalized spacial score (nSPS) is 19.9. The maximum atomic E-state index is 9.51. The monoisotopic (exact) mass is 327 g/mol. The predicted octanol–water partition coefficient (Wildman–Crippen LogP) is 3.27. The van der Waals surface area contributed by atoms with Gasteiger partial charge in [0, 0.05) is 28.5 Å². The molecule has 1 heterocycles. The highest BCUT2D eigenvalue weighted by molar-refractivity contribution is 9.10. The lowest BCUT2D eigenvalue weighted by Crippen LogP contribution is -2.38. The summed E-state index contributed by atoms with van der Waals surface area (Å²) < 4.78 is 6.74. The van der Waals surface area contributed by atoms with Crippen molar-refractivity contribution in [2.24, 2.45) is 5.92 Å². The van der Waals surface area contributed by atoms with E-state index in [-0.39, 0.29) is 18.7 Å². The highest BCUT2D eigenvalue weighted by Crippen LogP contribution is 2.34. The quantitative estimate of drug-likeness (QED) is 0.872. The van der Waals surface area contributed by atoms with E-state index < -0.39 is 0 Å². The largest absolute Gasteiger partial charge is 0.493 e. The summed E-state index contributed by atoms with van der Waals surface area (Å²) in [6.07, 6.45) is 1.93. The SMILES string of the molecule is CC(C)CC(CO)NC1CCOc2ccc(Br)cc21. The first-order valence-electron chi connectivity index (χ1n) is 6.89. The fourth-order valence-corrected chi connectivity index (χ4v) is 2.97. The number of aliphatic hydroxyl groups excluding tert-OH is 1. The summed E-state index contributed by atoms with van der Waals surface area (Å²) in [7, 11) is 0. The summed E-state index contributed by atoms with van der Waals surface area (Å²) in [6, 6.07) is 6.52. The van der Waals surface area contributed by atoms with Gasteiger partial charge in [-0.2, -0.15) is 0 Å². The van der Waals surface area contributed by atoms with Crippen molar-refractivity contribution in [3.8, 4) is 5.75 Å². The molecule has 1 aromatic rings. The number of nitrogens with one attached hydrogen (secondary N) is 1. The van der Waals surface area contributed by atoms with Gasteiger partial charge >= 0.3 is 0 Å². The van der Waals surface area contributed by atoms with Gasteiger partial charge in [0.1, 0.15) is 5.75 Å². The van der Waals surface area contributed by atoms with Crippen LogP contribution >= 0.6 is 15.9 Å². The van der Waals surface area contributed by atoms with Gasteiger partial charge in [0.25, 0.3) is 0 Å². The molecule has 0 aromatic heterocycles. The molecule has 2 N–H and O–H groups in total. The molecule has 1 aliphatic rings. The highest BCUT2D eigenvalue weighted by atomic mass is 79.9. The minimum absolute atomic E-state index is 0.148. The number of ether oxygens (including phenoxy) is 1. The van der Waals surface area contributed by atoms with Crippen molar-refractivity contribution in [1.29, 1.82) is 0 Å². The standard InChI is InChI=1S/C15H22BrNO2/c1-10(2)7-12(9-18)17-14-5-6-19-15-4-3-11(16)8-13(14)15/h3-4,8,10,12,14,17-18H,5-7,9H2,1-2H3. The second kappa shape index (κ2) is 6.73. The molecule has 1 aromatic carbocycles. The van der Waals surface area contributed by atoms with Crippen molar-refractivity contribution in [2.75, 3.05) is 13.2 Å². The van der Waals surface area contributed by atoms with Crippen molar-refractivity contribution < 1.29 is 9.84 Å². The number of aliphatic hydroxyl groups is 1. The Morgan fingerprint density at radius 1 is 1.47 bits per heavy atom. The molecular formula is C15H22BrNO2. The maximum absolute atomic E-state index is 9.51. The van der Waals surface area contributed by atoms with Crippen molar-refractivity contribution >= 4 is 15.9 Å². The Balaban J connectivity index is 2.12. The molecule has 0 radical (unpaired) electrons. The van der Waals surface area contributed by atoms with Crippen molar-refractivity contribution in [2.45, 2.75) is 38.8 Å². The highest BCUT2D eigenvalue weighted by Gasteiger charge is 2.24. The van der Waals surface area contributed by atoms with E-state index in [4.69, 9.17) is 4.74 Å². The summed E-state index contributed by atoms with van der Waals surface area (Å²) >= 11 is 3.51. The summed E-state index contributed by atoms with van der Waals surface area (Å²) in [4.78, 5) is 0. The van der Waals surface area contributed by atoms with Crippen LogP contribution in [0.3, 0.4) is 0 Å². The summed E-state index contributed by atoms with van der Waals surface area (Å²) in [5, 5.41) is 13.1. The Hall–Kier alpha value is -0.580. The van der Waals surface area contributed by atoms with Crippen molar-refractivity contribution in [3.05, 3.63) is 28.2 Å². The molecule has 0 saturated carbocycles. The van der Waals surface area contributed by atoms with Crippen LogP contribution in [0.1, 0.15) is 38.3 Å². The third kappa shape index (κ3) is 3.94. The molecule has 19 heavy (non-hydrogen) atoms. The third-order valence-electron chi connectivity index (χ3n) is 3.42. The minimum Gasteiger partial charge on any atom is -0.493 e. The van der Waals surface area contributed by atoms with Gasteiger partial charge in [-0.05, 0) is 30.5 Å². The van der Waals surface area contributed by atoms with Crippen molar-refractivity contribution in [1.82, 2.24) is 5.32 Å². The van der Waals surface area contributed by atoms with Crippen LogP contribution < -0.4 is 10.1 Å². The van der Waals surface area contributed by atoms with Crippen molar-refractivity contribution in [3.63, 3.8) is 0 Å². The van der Waals surface area contributed by atoms with E-state index in [1.54, 1.807) is 0 Å². The number of fused-ring (bicyclic) bond motifs is 1. The van der Waals surface area contributed by atoms with Gasteiger partial charge in [0.05, 0.1) is 13.2 Å². The van der Waals surface area contributed by atoms with Crippen LogP contribution in [0.25, 0.3) is 0 Å². The van der Waals surface area contributed by atoms with E-state index in [1.807, 2.05) is 12.1 Å². The smallest absolute Gasteiger partial charge is 0.124 e. The van der Waals surface area contributed by atoms with Gasteiger partial charge in [-0.3, -0.25) is 0 Å². The topological polar surface area (TPSA) is 41.5 Å². The molecule has 0 bridgehead atoms. The summed E-state index contributed by atoms with van der Waals surface area (Å²) in [5.41, 5.74) is 1.18. The Kier molecular flexibility index (Phi) is 5.25. The van der Waals surface area contributed by atoms with Crippen LogP contribution in [0, 0.1) is 5.92 Å². The third-order valence-corrected chi connectivity index (χ3v) is 3.92. The number of benzene rings is 1. The zero-order valence-corrected chi connectivity index (χ0v) is 13.1. The molecule has 2 atom stereocenters. The zero-order chi connectivity index (χ0) is 13.8. The van der Waals surface area contributed by atoms with Gasteiger partial charge < -0.3 is 15.2 Å². The van der Waals surface area contributed by atoms with Gasteiger partial charge in [0.2, 0.25) is 0 Å². The second-order valence-corrected chi connectivity index (χ2v) is 6.46. The summed E-state index contributed by atoms with van der Waals surface area (Å²) in [6.45, 7) is 5.27. The average molecular weight is 328 g/mol. The molecule has 0 amide bonds. The fourth-order valence-electron chi connectivity index (χ4n) is 2.59. The molecule has 1 aliphatic heterocycles. The Morgan fingerprint density at radius 3 is 2.95 bits per heavy atom. The number of hydrogen-bond donors (Lipinski definition) is 2. The van der Waals surface area contributed by atoms with E-state index in [0.29, 0.717) is 5.92 Å². The molecule has 0 fully saturated rings. The molecule has 4 heteroatoms. The van der Waals surface area contributed by atoms with E-state index >= 15 is 0 Å². The molecule has 106 valence electrons. The molecule has 2 rings (SSSR count). The minimum atomic E-state index is 0.148. The maximum Gasteiger partial charge on any atom is 0.124 e. The molecule has 2 unspecified atom stereocenters. The van der Waals surface area contributed by atoms with Crippen LogP contribution in [-0.2, 0) is 0 Å². The van der Waals surface area contributed by atoms with E-state index in [0.717, 1.165) is 29.7 Å². The first kappa shape index (κ1) is 14.8. The van der Waals surface area contributed by atoms with E-state index in [2.05, 4.69) is 41.2 Å². The van der Waals surface area contributed by atoms with Crippen LogP contribution in [0.5, 0.6) is 5.75 Å². The predicted molar refractivity (Wildman–Crippen MR) is 80.5 cm³/mol. The number of hydrogen-bond acceptors (Lipinski definition) is 3. The van der Waals surface area contributed by atoms with E-state index in [1.165, 1.54) is 5.56 Å². The number of rotatable bonds is 5. The number of halogens is 1. The van der Waals surface area contributed by atoms with Crippen LogP contribution in [0.15, 0.2) is 22.7 Å². The molecule has 3 nitrogen and oxygen atoms in total. The lowest BCUT2D eigenvalue weighted by Gasteiger charge is -2.30. The Morgan fingerprint density at radius 2 is 2.26 bits per heavy atom. The first-order valence-corrected chi connectivity index (χ1v) is 7.68. The second-order valence-electron chi connectivity index (χ2n) is 5.55. The Bertz CT molecular complexity index is 423. The molecule has 0 spiro atoms. The fraction of sp³-hybridized carbons (Fsp3) is 0.600. The zero-order valence-electron chi connectivity index (χ0n) is 11.5. The molecular weight excluding hydrogens is 306 g/mol. The lowest BCUT2D eigenvalue weighted by molar-refractivity contribution is 0.190. The van der Waals surface area contributed by atoms with Gasteiger partial charge in [0.15, 0.2) is 0 Å². The first-order chi connectivity index (χ1) is 9.10. The van der Waals surface area contributed by atoms with Crippen LogP contribution in [-0.4, -0.2) is 24.4 Å². The Labute approximate surface area is 123 Å². The summed E-state index contributed by atoms with van der Waals surface area (Å²) in [5.74, 6) is 1.53. The molecule has 0 saturated heterocycles. The van der Waals surface area contributed by atoms with Gasteiger partial charge in [-0.15, -0.1) is 0 Å². The van der Waals surface area contributed by atoms with E-state index in [9.17, 15) is 5.11 Å². The average Bonchev–Trinajstić information content (AvgIpc) is 2.38. The van der Waals surface area contributed by atoms with Crippen LogP contribution in [0.2, 0.25) is 0 Å². The lowest BCUT2D eigenvalue weighted by atomic mass is 9.97. The van der Waals surface area contributed by atoms with Gasteiger partial charge in [-0.1, -0.05) is 29.8 Å². The van der Waals surface area contributed by atoms with Crippen LogP contribution in [0.4, 0.5) is 0 Å².